The highest BCUT2D eigenvalue weighted by Crippen LogP contribution is 2.16. The maximum atomic E-state index is 11.8. The summed E-state index contributed by atoms with van der Waals surface area (Å²) in [5.74, 6) is -0.276. The molecule has 102 valence electrons. The number of Topliss-reactive ketones (excluding diaryl/α,β-unsaturated/α-hetero) is 1. The largest absolute Gasteiger partial charge is 0.378 e. The fourth-order valence-corrected chi connectivity index (χ4v) is 1.99. The highest BCUT2D eigenvalue weighted by molar-refractivity contribution is 5.99. The second-order valence-corrected chi connectivity index (χ2v) is 4.48. The molecule has 0 unspecified atom stereocenters. The molecule has 1 heterocycles. The van der Waals surface area contributed by atoms with Crippen LogP contribution < -0.4 is 10.2 Å². The molecular weight excluding hydrogens is 244 g/mol. The number of morpholine rings is 1. The summed E-state index contributed by atoms with van der Waals surface area (Å²) in [7, 11) is 0. The van der Waals surface area contributed by atoms with Crippen LogP contribution in [0.3, 0.4) is 0 Å². The predicted octanol–water partition coefficient (Wildman–Crippen LogP) is 0.842. The number of rotatable bonds is 4. The van der Waals surface area contributed by atoms with Crippen LogP contribution in [0.4, 0.5) is 5.69 Å². The van der Waals surface area contributed by atoms with Crippen molar-refractivity contribution in [2.24, 2.45) is 0 Å². The molecular formula is C14H18N2O3. The molecule has 5 nitrogen and oxygen atoms in total. The zero-order chi connectivity index (χ0) is 13.7. The Labute approximate surface area is 112 Å². The van der Waals surface area contributed by atoms with Crippen LogP contribution in [-0.2, 0) is 9.53 Å². The molecule has 0 spiro atoms. The van der Waals surface area contributed by atoms with Gasteiger partial charge in [-0.1, -0.05) is 0 Å². The summed E-state index contributed by atoms with van der Waals surface area (Å²) in [5.41, 5.74) is 1.71. The first-order valence-electron chi connectivity index (χ1n) is 6.37. The van der Waals surface area contributed by atoms with E-state index in [4.69, 9.17) is 4.74 Å². The number of carbonyl (C=O) groups is 2. The maximum Gasteiger partial charge on any atom is 0.217 e. The lowest BCUT2D eigenvalue weighted by Crippen LogP contribution is -2.36. The minimum atomic E-state index is -0.196. The standard InChI is InChI=1S/C14H18N2O3/c1-11(17)15-10-14(18)12-2-4-13(5-3-12)16-6-8-19-9-7-16/h2-5H,6-10H2,1H3,(H,15,17). The number of benzene rings is 1. The van der Waals surface area contributed by atoms with Gasteiger partial charge in [0.2, 0.25) is 5.91 Å². The number of carbonyl (C=O) groups excluding carboxylic acids is 2. The average Bonchev–Trinajstić information content (AvgIpc) is 2.46. The first-order chi connectivity index (χ1) is 9.16. The molecule has 1 aromatic carbocycles. The van der Waals surface area contributed by atoms with Crippen molar-refractivity contribution in [1.29, 1.82) is 0 Å². The molecule has 19 heavy (non-hydrogen) atoms. The van der Waals surface area contributed by atoms with Crippen molar-refractivity contribution in [2.75, 3.05) is 37.7 Å². The van der Waals surface area contributed by atoms with Crippen LogP contribution in [0.1, 0.15) is 17.3 Å². The second kappa shape index (κ2) is 6.33. The van der Waals surface area contributed by atoms with E-state index in [0.29, 0.717) is 5.56 Å². The van der Waals surface area contributed by atoms with E-state index in [1.165, 1.54) is 6.92 Å². The number of nitrogens with one attached hydrogen (secondary N) is 1. The number of nitrogens with zero attached hydrogens (tertiary/aromatic N) is 1. The lowest BCUT2D eigenvalue weighted by molar-refractivity contribution is -0.118. The third kappa shape index (κ3) is 3.79. The number of amides is 1. The Bertz CT molecular complexity index is 450. The normalized spacial score (nSPS) is 15.1. The molecule has 0 saturated carbocycles. The van der Waals surface area contributed by atoms with Crippen molar-refractivity contribution in [3.05, 3.63) is 29.8 Å². The Morgan fingerprint density at radius 3 is 2.42 bits per heavy atom. The van der Waals surface area contributed by atoms with Gasteiger partial charge >= 0.3 is 0 Å². The molecule has 1 N–H and O–H groups in total. The Balaban J connectivity index is 1.97. The van der Waals surface area contributed by atoms with E-state index in [1.54, 1.807) is 12.1 Å². The lowest BCUT2D eigenvalue weighted by atomic mass is 10.1. The van der Waals surface area contributed by atoms with Crippen molar-refractivity contribution in [1.82, 2.24) is 5.32 Å². The molecule has 0 aromatic heterocycles. The van der Waals surface area contributed by atoms with Crippen LogP contribution in [0.2, 0.25) is 0 Å². The van der Waals surface area contributed by atoms with Crippen molar-refractivity contribution in [2.45, 2.75) is 6.92 Å². The first kappa shape index (κ1) is 13.5. The molecule has 0 bridgehead atoms. The smallest absolute Gasteiger partial charge is 0.217 e. The number of ketones is 1. The SMILES string of the molecule is CC(=O)NCC(=O)c1ccc(N2CCOCC2)cc1. The quantitative estimate of drug-likeness (QED) is 0.817. The third-order valence-corrected chi connectivity index (χ3v) is 3.06. The Morgan fingerprint density at radius 2 is 1.84 bits per heavy atom. The summed E-state index contributed by atoms with van der Waals surface area (Å²) >= 11 is 0. The van der Waals surface area contributed by atoms with Crippen LogP contribution in [0, 0.1) is 0 Å². The van der Waals surface area contributed by atoms with Gasteiger partial charge in [-0.15, -0.1) is 0 Å². The summed E-state index contributed by atoms with van der Waals surface area (Å²) in [6, 6.07) is 7.47. The molecule has 1 aliphatic heterocycles. The minimum Gasteiger partial charge on any atom is -0.378 e. The maximum absolute atomic E-state index is 11.8. The predicted molar refractivity (Wildman–Crippen MR) is 72.5 cm³/mol. The van der Waals surface area contributed by atoms with Crippen LogP contribution in [-0.4, -0.2) is 44.5 Å². The van der Waals surface area contributed by atoms with Gasteiger partial charge in [-0.25, -0.2) is 0 Å². The number of hydrogen-bond donors (Lipinski definition) is 1. The van der Waals surface area contributed by atoms with Gasteiger partial charge in [0.1, 0.15) is 0 Å². The molecule has 1 fully saturated rings. The van der Waals surface area contributed by atoms with Crippen LogP contribution in [0.25, 0.3) is 0 Å². The molecule has 0 atom stereocenters. The summed E-state index contributed by atoms with van der Waals surface area (Å²) in [6.45, 7) is 4.67. The van der Waals surface area contributed by atoms with E-state index < -0.39 is 0 Å². The monoisotopic (exact) mass is 262 g/mol. The van der Waals surface area contributed by atoms with Gasteiger partial charge in [0, 0.05) is 31.3 Å². The van der Waals surface area contributed by atoms with E-state index in [9.17, 15) is 9.59 Å². The van der Waals surface area contributed by atoms with Crippen LogP contribution >= 0.6 is 0 Å². The van der Waals surface area contributed by atoms with E-state index in [2.05, 4.69) is 10.2 Å². The van der Waals surface area contributed by atoms with Gasteiger partial charge in [0.25, 0.3) is 0 Å². The van der Waals surface area contributed by atoms with Gasteiger partial charge in [-0.2, -0.15) is 0 Å². The Morgan fingerprint density at radius 1 is 1.21 bits per heavy atom. The molecule has 1 aliphatic rings. The zero-order valence-corrected chi connectivity index (χ0v) is 11.0. The fraction of sp³-hybridized carbons (Fsp3) is 0.429. The molecule has 0 radical (unpaired) electrons. The molecule has 0 aliphatic carbocycles. The molecule has 1 aromatic rings. The average molecular weight is 262 g/mol. The third-order valence-electron chi connectivity index (χ3n) is 3.06. The Hall–Kier alpha value is -1.88. The number of ether oxygens (including phenoxy) is 1. The van der Waals surface area contributed by atoms with Crippen molar-refractivity contribution in [3.8, 4) is 0 Å². The highest BCUT2D eigenvalue weighted by Gasteiger charge is 2.12. The van der Waals surface area contributed by atoms with E-state index in [1.807, 2.05) is 12.1 Å². The summed E-state index contributed by atoms with van der Waals surface area (Å²) < 4.78 is 5.30. The zero-order valence-electron chi connectivity index (χ0n) is 11.0. The summed E-state index contributed by atoms with van der Waals surface area (Å²) in [6.07, 6.45) is 0. The highest BCUT2D eigenvalue weighted by atomic mass is 16.5. The van der Waals surface area contributed by atoms with Crippen molar-refractivity contribution in [3.63, 3.8) is 0 Å². The summed E-state index contributed by atoms with van der Waals surface area (Å²) in [5, 5.41) is 2.51. The van der Waals surface area contributed by atoms with Gasteiger partial charge in [0.15, 0.2) is 5.78 Å². The van der Waals surface area contributed by atoms with E-state index in [-0.39, 0.29) is 18.2 Å². The second-order valence-electron chi connectivity index (χ2n) is 4.48. The van der Waals surface area contributed by atoms with Crippen molar-refractivity contribution >= 4 is 17.4 Å². The van der Waals surface area contributed by atoms with Crippen LogP contribution in [0.5, 0.6) is 0 Å². The fourth-order valence-electron chi connectivity index (χ4n) is 1.99. The molecule has 1 amide bonds. The molecule has 5 heteroatoms. The molecule has 2 rings (SSSR count). The van der Waals surface area contributed by atoms with Gasteiger partial charge in [-0.05, 0) is 24.3 Å². The van der Waals surface area contributed by atoms with E-state index >= 15 is 0 Å². The minimum absolute atomic E-state index is 0.0479. The first-order valence-corrected chi connectivity index (χ1v) is 6.37. The lowest BCUT2D eigenvalue weighted by Gasteiger charge is -2.28. The van der Waals surface area contributed by atoms with Gasteiger partial charge in [0.05, 0.1) is 19.8 Å². The summed E-state index contributed by atoms with van der Waals surface area (Å²) in [4.78, 5) is 24.8. The Kier molecular flexibility index (Phi) is 4.52. The number of anilines is 1. The molecule has 1 saturated heterocycles. The topological polar surface area (TPSA) is 58.6 Å². The van der Waals surface area contributed by atoms with Gasteiger partial charge in [-0.3, -0.25) is 9.59 Å². The van der Waals surface area contributed by atoms with Gasteiger partial charge < -0.3 is 15.0 Å². The van der Waals surface area contributed by atoms with E-state index in [0.717, 1.165) is 32.0 Å². The van der Waals surface area contributed by atoms with Crippen molar-refractivity contribution < 1.29 is 14.3 Å². The van der Waals surface area contributed by atoms with Crippen LogP contribution in [0.15, 0.2) is 24.3 Å². The number of hydrogen-bond acceptors (Lipinski definition) is 4.